The number of fused-ring (bicyclic) bond motifs is 3. The normalized spacial score (nSPS) is 31.0. The van der Waals surface area contributed by atoms with Crippen LogP contribution in [-0.4, -0.2) is 42.6 Å². The van der Waals surface area contributed by atoms with Crippen LogP contribution < -0.4 is 5.32 Å². The van der Waals surface area contributed by atoms with Gasteiger partial charge in [-0.05, 0) is 43.2 Å². The minimum Gasteiger partial charge on any atom is -0.373 e. The number of rotatable bonds is 3. The quantitative estimate of drug-likeness (QED) is 0.911. The van der Waals surface area contributed by atoms with Crippen LogP contribution in [0.3, 0.4) is 0 Å². The molecule has 4 rings (SSSR count). The Morgan fingerprint density at radius 1 is 1.25 bits per heavy atom. The van der Waals surface area contributed by atoms with Gasteiger partial charge < -0.3 is 15.0 Å². The topological polar surface area (TPSA) is 41.6 Å². The van der Waals surface area contributed by atoms with Crippen LogP contribution in [0, 0.1) is 0 Å². The molecule has 2 bridgehead atoms. The van der Waals surface area contributed by atoms with Crippen molar-refractivity contribution in [3.05, 3.63) is 35.4 Å². The molecule has 132 valence electrons. The number of ether oxygens (including phenoxy) is 1. The first kappa shape index (κ1) is 17.7. The van der Waals surface area contributed by atoms with E-state index >= 15 is 0 Å². The lowest BCUT2D eigenvalue weighted by atomic mass is 9.94. The summed E-state index contributed by atoms with van der Waals surface area (Å²) >= 11 is 0. The third-order valence-corrected chi connectivity index (χ3v) is 5.84. The van der Waals surface area contributed by atoms with Crippen molar-refractivity contribution in [2.45, 2.75) is 62.8 Å². The van der Waals surface area contributed by atoms with Gasteiger partial charge in [0.05, 0.1) is 19.1 Å². The van der Waals surface area contributed by atoms with Crippen LogP contribution in [0.2, 0.25) is 0 Å². The van der Waals surface area contributed by atoms with Crippen LogP contribution in [0.4, 0.5) is 0 Å². The fraction of sp³-hybridized carbons (Fsp3) is 0.632. The Morgan fingerprint density at radius 2 is 1.96 bits per heavy atom. The summed E-state index contributed by atoms with van der Waals surface area (Å²) in [7, 11) is 1.98. The number of halogens is 1. The molecule has 3 aliphatic heterocycles. The van der Waals surface area contributed by atoms with Gasteiger partial charge in [-0.3, -0.25) is 4.79 Å². The summed E-state index contributed by atoms with van der Waals surface area (Å²) < 4.78 is 5.91. The van der Waals surface area contributed by atoms with Crippen LogP contribution in [-0.2, 0) is 16.0 Å². The lowest BCUT2D eigenvalue weighted by molar-refractivity contribution is -0.136. The zero-order chi connectivity index (χ0) is 15.8. The van der Waals surface area contributed by atoms with E-state index < -0.39 is 0 Å². The molecule has 0 saturated carbocycles. The smallest absolute Gasteiger partial charge is 0.225 e. The van der Waals surface area contributed by atoms with E-state index in [-0.39, 0.29) is 24.4 Å². The number of benzene rings is 1. The van der Waals surface area contributed by atoms with E-state index in [0.29, 0.717) is 24.5 Å². The summed E-state index contributed by atoms with van der Waals surface area (Å²) in [5, 5.41) is 3.65. The molecule has 0 spiro atoms. The van der Waals surface area contributed by atoms with Crippen molar-refractivity contribution >= 4 is 18.3 Å². The van der Waals surface area contributed by atoms with Crippen molar-refractivity contribution in [1.29, 1.82) is 0 Å². The van der Waals surface area contributed by atoms with E-state index in [1.165, 1.54) is 24.0 Å². The highest BCUT2D eigenvalue weighted by molar-refractivity contribution is 5.85. The SMILES string of the molecule is CN(C(=O)CC1OCCc2ccccc21)C1CC2CCC(C1)N2.Cl. The van der Waals surface area contributed by atoms with Gasteiger partial charge in [-0.1, -0.05) is 24.3 Å². The standard InChI is InChI=1S/C19H26N2O2.ClH/c1-21(16-10-14-6-7-15(11-16)20-14)19(22)12-18-17-5-3-2-4-13(17)8-9-23-18;/h2-5,14-16,18,20H,6-12H2,1H3;1H. The van der Waals surface area contributed by atoms with Crippen molar-refractivity contribution in [3.8, 4) is 0 Å². The Hall–Kier alpha value is -1.10. The van der Waals surface area contributed by atoms with Crippen molar-refractivity contribution in [2.24, 2.45) is 0 Å². The number of nitrogens with one attached hydrogen (secondary N) is 1. The Morgan fingerprint density at radius 3 is 2.71 bits per heavy atom. The minimum atomic E-state index is -0.0756. The average Bonchev–Trinajstić information content (AvgIpc) is 2.92. The first-order chi connectivity index (χ1) is 11.2. The van der Waals surface area contributed by atoms with Gasteiger partial charge in [0, 0.05) is 25.2 Å². The highest BCUT2D eigenvalue weighted by Gasteiger charge is 2.37. The maximum absolute atomic E-state index is 12.8. The van der Waals surface area contributed by atoms with Crippen molar-refractivity contribution in [3.63, 3.8) is 0 Å². The van der Waals surface area contributed by atoms with Crippen molar-refractivity contribution < 1.29 is 9.53 Å². The molecule has 3 unspecified atom stereocenters. The second-order valence-electron chi connectivity index (χ2n) is 7.28. The zero-order valence-corrected chi connectivity index (χ0v) is 15.1. The van der Waals surface area contributed by atoms with Gasteiger partial charge >= 0.3 is 0 Å². The molecule has 3 atom stereocenters. The van der Waals surface area contributed by atoms with Crippen LogP contribution in [0.1, 0.15) is 49.3 Å². The van der Waals surface area contributed by atoms with E-state index in [9.17, 15) is 4.79 Å². The third-order valence-electron chi connectivity index (χ3n) is 5.84. The van der Waals surface area contributed by atoms with Gasteiger partial charge in [-0.2, -0.15) is 0 Å². The number of hydrogen-bond acceptors (Lipinski definition) is 3. The number of carbonyl (C=O) groups is 1. The molecule has 2 saturated heterocycles. The molecule has 1 aromatic rings. The predicted molar refractivity (Wildman–Crippen MR) is 96.4 cm³/mol. The summed E-state index contributed by atoms with van der Waals surface area (Å²) in [6.45, 7) is 0.718. The molecular weight excluding hydrogens is 324 g/mol. The van der Waals surface area contributed by atoms with Gasteiger partial charge in [-0.15, -0.1) is 12.4 Å². The van der Waals surface area contributed by atoms with E-state index in [2.05, 4.69) is 23.5 Å². The Kier molecular flexibility index (Phi) is 5.48. The Balaban J connectivity index is 0.00000169. The minimum absolute atomic E-state index is 0. The van der Waals surface area contributed by atoms with Crippen LogP contribution >= 0.6 is 12.4 Å². The van der Waals surface area contributed by atoms with E-state index in [1.807, 2.05) is 18.0 Å². The Bertz CT molecular complexity index is 582. The fourth-order valence-corrected chi connectivity index (χ4v) is 4.50. The monoisotopic (exact) mass is 350 g/mol. The van der Waals surface area contributed by atoms with Crippen LogP contribution in [0.25, 0.3) is 0 Å². The molecular formula is C19H27ClN2O2. The molecule has 0 aromatic heterocycles. The largest absolute Gasteiger partial charge is 0.373 e. The summed E-state index contributed by atoms with van der Waals surface area (Å²) in [4.78, 5) is 14.8. The molecule has 5 heteroatoms. The van der Waals surface area contributed by atoms with Gasteiger partial charge in [0.25, 0.3) is 0 Å². The summed E-state index contributed by atoms with van der Waals surface area (Å²) in [6, 6.07) is 9.99. The lowest BCUT2D eigenvalue weighted by Crippen LogP contribution is -2.49. The first-order valence-electron chi connectivity index (χ1n) is 8.92. The zero-order valence-electron chi connectivity index (χ0n) is 14.2. The number of carbonyl (C=O) groups excluding carboxylic acids is 1. The number of piperidine rings is 1. The van der Waals surface area contributed by atoms with E-state index in [1.54, 1.807) is 0 Å². The number of hydrogen-bond donors (Lipinski definition) is 1. The summed E-state index contributed by atoms with van der Waals surface area (Å²) in [6.07, 6.45) is 6.07. The van der Waals surface area contributed by atoms with Gasteiger partial charge in [0.1, 0.15) is 0 Å². The van der Waals surface area contributed by atoms with Crippen molar-refractivity contribution in [2.75, 3.05) is 13.7 Å². The maximum Gasteiger partial charge on any atom is 0.225 e. The first-order valence-corrected chi connectivity index (χ1v) is 8.92. The van der Waals surface area contributed by atoms with Gasteiger partial charge in [0.15, 0.2) is 0 Å². The Labute approximate surface area is 150 Å². The van der Waals surface area contributed by atoms with E-state index in [4.69, 9.17) is 4.74 Å². The molecule has 2 fully saturated rings. The molecule has 3 aliphatic rings. The fourth-order valence-electron chi connectivity index (χ4n) is 4.50. The maximum atomic E-state index is 12.8. The lowest BCUT2D eigenvalue weighted by Gasteiger charge is -2.36. The van der Waals surface area contributed by atoms with Crippen molar-refractivity contribution in [1.82, 2.24) is 10.2 Å². The second kappa shape index (κ2) is 7.42. The molecule has 0 radical (unpaired) electrons. The summed E-state index contributed by atoms with van der Waals surface area (Å²) in [5.41, 5.74) is 2.53. The number of nitrogens with zero attached hydrogens (tertiary/aromatic N) is 1. The second-order valence-corrected chi connectivity index (χ2v) is 7.28. The summed E-state index contributed by atoms with van der Waals surface area (Å²) in [5.74, 6) is 0.220. The molecule has 1 N–H and O–H groups in total. The molecule has 3 heterocycles. The van der Waals surface area contributed by atoms with Gasteiger partial charge in [0.2, 0.25) is 5.91 Å². The molecule has 4 nitrogen and oxygen atoms in total. The van der Waals surface area contributed by atoms with Crippen LogP contribution in [0.15, 0.2) is 24.3 Å². The van der Waals surface area contributed by atoms with E-state index in [0.717, 1.165) is 25.9 Å². The molecule has 24 heavy (non-hydrogen) atoms. The van der Waals surface area contributed by atoms with Crippen LogP contribution in [0.5, 0.6) is 0 Å². The molecule has 0 aliphatic carbocycles. The highest BCUT2D eigenvalue weighted by atomic mass is 35.5. The number of amides is 1. The predicted octanol–water partition coefficient (Wildman–Crippen LogP) is 2.85. The molecule has 1 amide bonds. The molecule has 1 aromatic carbocycles. The average molecular weight is 351 g/mol. The third kappa shape index (κ3) is 3.46. The highest BCUT2D eigenvalue weighted by Crippen LogP contribution is 2.32. The van der Waals surface area contributed by atoms with Gasteiger partial charge in [-0.25, -0.2) is 0 Å².